The summed E-state index contributed by atoms with van der Waals surface area (Å²) in [5.74, 6) is 1.14. The van der Waals surface area contributed by atoms with Gasteiger partial charge in [0.05, 0.1) is 10.6 Å². The second-order valence-corrected chi connectivity index (χ2v) is 9.74. The topological polar surface area (TPSA) is 34.1 Å². The molecule has 0 aliphatic heterocycles. The van der Waals surface area contributed by atoms with Gasteiger partial charge in [-0.3, -0.25) is 0 Å². The molecule has 2 nitrogen and oxygen atoms in total. The van der Waals surface area contributed by atoms with Crippen molar-refractivity contribution < 1.29 is 8.42 Å². The molecule has 0 saturated heterocycles. The van der Waals surface area contributed by atoms with Crippen molar-refractivity contribution in [3.05, 3.63) is 42.5 Å². The first-order chi connectivity index (χ1) is 10.1. The molecule has 1 aliphatic rings. The molecule has 0 amide bonds. The minimum atomic E-state index is -3.24. The smallest absolute Gasteiger partial charge is 0.178 e. The summed E-state index contributed by atoms with van der Waals surface area (Å²) in [7, 11) is -3.24. The Morgan fingerprint density at radius 3 is 2.27 bits per heavy atom. The lowest BCUT2D eigenvalue weighted by Crippen LogP contribution is -2.31. The van der Waals surface area contributed by atoms with Crippen LogP contribution in [-0.4, -0.2) is 14.2 Å². The van der Waals surface area contributed by atoms with Gasteiger partial charge >= 0.3 is 0 Å². The van der Waals surface area contributed by atoms with Crippen molar-refractivity contribution in [1.29, 1.82) is 0 Å². The van der Waals surface area contributed by atoms with Crippen LogP contribution in [0.3, 0.4) is 0 Å². The van der Waals surface area contributed by atoms with E-state index in [2.05, 4.69) is 27.4 Å². The van der Waals surface area contributed by atoms with E-state index in [4.69, 9.17) is 0 Å². The van der Waals surface area contributed by atoms with E-state index in [0.717, 1.165) is 18.4 Å². The van der Waals surface area contributed by atoms with Crippen molar-refractivity contribution in [1.82, 2.24) is 0 Å². The monoisotopic (exact) mass is 320 g/mol. The Balaban J connectivity index is 2.29. The van der Waals surface area contributed by atoms with E-state index in [-0.39, 0.29) is 17.1 Å². The van der Waals surface area contributed by atoms with E-state index in [1.54, 1.807) is 12.1 Å². The zero-order valence-corrected chi connectivity index (χ0v) is 15.0. The molecule has 2 rings (SSSR count). The normalized spacial score (nSPS) is 26.1. The lowest BCUT2D eigenvalue weighted by atomic mass is 9.74. The molecule has 1 aromatic rings. The van der Waals surface area contributed by atoms with Crippen LogP contribution in [-0.2, 0) is 9.84 Å². The Hall–Kier alpha value is -1.09. The first kappa shape index (κ1) is 17.3. The van der Waals surface area contributed by atoms with E-state index in [1.807, 2.05) is 25.1 Å². The van der Waals surface area contributed by atoms with E-state index in [0.29, 0.717) is 16.7 Å². The van der Waals surface area contributed by atoms with Crippen LogP contribution in [0.25, 0.3) is 0 Å². The van der Waals surface area contributed by atoms with E-state index >= 15 is 0 Å². The molecule has 1 saturated carbocycles. The van der Waals surface area contributed by atoms with Crippen LogP contribution >= 0.6 is 0 Å². The highest BCUT2D eigenvalue weighted by molar-refractivity contribution is 7.91. The Bertz CT molecular complexity index is 620. The lowest BCUT2D eigenvalue weighted by Gasteiger charge is -2.33. The summed E-state index contributed by atoms with van der Waals surface area (Å²) in [6.07, 6.45) is 4.11. The van der Waals surface area contributed by atoms with Crippen molar-refractivity contribution in [3.8, 4) is 0 Å². The van der Waals surface area contributed by atoms with Gasteiger partial charge in [-0.05, 0) is 55.1 Å². The number of allylic oxidation sites excluding steroid dienone is 1. The van der Waals surface area contributed by atoms with Gasteiger partial charge in [0.25, 0.3) is 0 Å². The van der Waals surface area contributed by atoms with Crippen molar-refractivity contribution in [2.75, 3.05) is 5.75 Å². The fraction of sp³-hybridized carbons (Fsp3) is 0.579. The molecule has 22 heavy (non-hydrogen) atoms. The summed E-state index contributed by atoms with van der Waals surface area (Å²) >= 11 is 0. The fourth-order valence-electron chi connectivity index (χ4n) is 3.80. The van der Waals surface area contributed by atoms with Crippen LogP contribution in [0, 0.1) is 30.1 Å². The summed E-state index contributed by atoms with van der Waals surface area (Å²) in [5, 5.41) is 0. The van der Waals surface area contributed by atoms with Gasteiger partial charge in [-0.15, -0.1) is 6.58 Å². The minimum absolute atomic E-state index is 0.130. The number of hydrogen-bond donors (Lipinski definition) is 0. The predicted octanol–water partition coefficient (Wildman–Crippen LogP) is 4.64. The Morgan fingerprint density at radius 2 is 1.77 bits per heavy atom. The molecule has 122 valence electrons. The summed E-state index contributed by atoms with van der Waals surface area (Å²) in [5.41, 5.74) is 1.21. The SMILES string of the molecule is C=C[C@H]1CC[C@H](C(C)(C)C)[C@H]1CS(=O)(=O)c1ccc(C)cc1. The molecule has 0 spiro atoms. The van der Waals surface area contributed by atoms with Crippen LogP contribution < -0.4 is 0 Å². The lowest BCUT2D eigenvalue weighted by molar-refractivity contribution is 0.187. The van der Waals surface area contributed by atoms with E-state index < -0.39 is 9.84 Å². The maximum Gasteiger partial charge on any atom is 0.178 e. The van der Waals surface area contributed by atoms with Crippen molar-refractivity contribution in [3.63, 3.8) is 0 Å². The van der Waals surface area contributed by atoms with E-state index in [9.17, 15) is 8.42 Å². The van der Waals surface area contributed by atoms with Crippen molar-refractivity contribution >= 4 is 9.84 Å². The summed E-state index contributed by atoms with van der Waals surface area (Å²) in [6.45, 7) is 12.5. The molecule has 1 aromatic carbocycles. The second kappa shape index (κ2) is 6.19. The fourth-order valence-corrected chi connectivity index (χ4v) is 5.53. The molecule has 3 atom stereocenters. The minimum Gasteiger partial charge on any atom is -0.224 e. The van der Waals surface area contributed by atoms with Gasteiger partial charge in [-0.25, -0.2) is 8.42 Å². The highest BCUT2D eigenvalue weighted by Crippen LogP contribution is 2.47. The predicted molar refractivity (Wildman–Crippen MR) is 92.6 cm³/mol. The number of hydrogen-bond acceptors (Lipinski definition) is 2. The van der Waals surface area contributed by atoms with Gasteiger partial charge in [0.2, 0.25) is 0 Å². The van der Waals surface area contributed by atoms with Gasteiger partial charge in [0.15, 0.2) is 9.84 Å². The molecule has 0 aromatic heterocycles. The standard InChI is InChI=1S/C19H28O2S/c1-6-15-9-12-18(19(3,4)5)17(15)13-22(20,21)16-10-7-14(2)8-11-16/h6-8,10-11,15,17-18H,1,9,12-13H2,2-5H3/t15-,17-,18-/m0/s1. The average molecular weight is 320 g/mol. The first-order valence-corrected chi connectivity index (χ1v) is 9.72. The molecular weight excluding hydrogens is 292 g/mol. The highest BCUT2D eigenvalue weighted by atomic mass is 32.2. The average Bonchev–Trinajstić information content (AvgIpc) is 2.81. The number of aryl methyl sites for hydroxylation is 1. The van der Waals surface area contributed by atoms with Gasteiger partial charge in [-0.2, -0.15) is 0 Å². The molecule has 0 unspecified atom stereocenters. The largest absolute Gasteiger partial charge is 0.224 e. The molecule has 0 radical (unpaired) electrons. The molecule has 1 fully saturated rings. The van der Waals surface area contributed by atoms with Crippen LogP contribution in [0.15, 0.2) is 41.8 Å². The molecule has 3 heteroatoms. The van der Waals surface area contributed by atoms with Crippen molar-refractivity contribution in [2.45, 2.75) is 45.4 Å². The third-order valence-electron chi connectivity index (χ3n) is 5.08. The third-order valence-corrected chi connectivity index (χ3v) is 6.90. The molecular formula is C19H28O2S. The molecule has 1 aliphatic carbocycles. The Labute approximate surface area is 135 Å². The maximum atomic E-state index is 12.8. The number of benzene rings is 1. The summed E-state index contributed by atoms with van der Waals surface area (Å²) in [4.78, 5) is 0.445. The summed E-state index contributed by atoms with van der Waals surface area (Å²) in [6, 6.07) is 7.20. The van der Waals surface area contributed by atoms with Crippen LogP contribution in [0.4, 0.5) is 0 Å². The third kappa shape index (κ3) is 3.62. The van der Waals surface area contributed by atoms with Gasteiger partial charge in [0, 0.05) is 0 Å². The number of sulfone groups is 1. The Morgan fingerprint density at radius 1 is 1.18 bits per heavy atom. The van der Waals surface area contributed by atoms with Crippen LogP contribution in [0.2, 0.25) is 0 Å². The maximum absolute atomic E-state index is 12.8. The van der Waals surface area contributed by atoms with Gasteiger partial charge in [0.1, 0.15) is 0 Å². The van der Waals surface area contributed by atoms with Crippen molar-refractivity contribution in [2.24, 2.45) is 23.2 Å². The number of rotatable bonds is 4. The van der Waals surface area contributed by atoms with Gasteiger partial charge in [-0.1, -0.05) is 44.5 Å². The quantitative estimate of drug-likeness (QED) is 0.757. The van der Waals surface area contributed by atoms with E-state index in [1.165, 1.54) is 0 Å². The Kier molecular flexibility index (Phi) is 4.86. The van der Waals surface area contributed by atoms with Crippen LogP contribution in [0.1, 0.15) is 39.2 Å². The van der Waals surface area contributed by atoms with Gasteiger partial charge < -0.3 is 0 Å². The summed E-state index contributed by atoms with van der Waals surface area (Å²) < 4.78 is 25.6. The molecule has 0 bridgehead atoms. The molecule has 0 heterocycles. The second-order valence-electron chi connectivity index (χ2n) is 7.71. The zero-order valence-electron chi connectivity index (χ0n) is 14.2. The zero-order chi connectivity index (χ0) is 16.5. The molecule has 0 N–H and O–H groups in total. The first-order valence-electron chi connectivity index (χ1n) is 8.07. The highest BCUT2D eigenvalue weighted by Gasteiger charge is 2.42. The van der Waals surface area contributed by atoms with Crippen LogP contribution in [0.5, 0.6) is 0 Å².